The molecule has 6 nitrogen and oxygen atoms in total. The molecule has 2 aromatic rings. The van der Waals surface area contributed by atoms with Crippen molar-refractivity contribution in [2.75, 3.05) is 46.5 Å². The van der Waals surface area contributed by atoms with Gasteiger partial charge >= 0.3 is 0 Å². The smallest absolute Gasteiger partial charge is 0.194 e. The van der Waals surface area contributed by atoms with Gasteiger partial charge in [-0.3, -0.25) is 4.99 Å². The fraction of sp³-hybridized carbons (Fsp3) is 0.556. The number of ether oxygens (including phenoxy) is 1. The zero-order chi connectivity index (χ0) is 17.5. The Kier molecular flexibility index (Phi) is 6.61. The van der Waals surface area contributed by atoms with Crippen LogP contribution in [0.4, 0.5) is 0 Å². The van der Waals surface area contributed by atoms with Crippen LogP contribution in [0.25, 0.3) is 10.2 Å². The highest BCUT2D eigenvalue weighted by Crippen LogP contribution is 2.33. The first-order valence-corrected chi connectivity index (χ1v) is 9.62. The topological polar surface area (TPSA) is 70.0 Å². The number of aliphatic hydroxyl groups excluding tert-OH is 1. The predicted molar refractivity (Wildman–Crippen MR) is 102 cm³/mol. The Morgan fingerprint density at radius 3 is 2.92 bits per heavy atom. The third-order valence-corrected chi connectivity index (χ3v) is 5.60. The minimum atomic E-state index is 0.0671. The maximum atomic E-state index is 9.06. The lowest BCUT2D eigenvalue weighted by Gasteiger charge is -2.33. The molecule has 0 atom stereocenters. The minimum absolute atomic E-state index is 0.0671. The van der Waals surface area contributed by atoms with Crippen molar-refractivity contribution in [3.8, 4) is 0 Å². The highest BCUT2D eigenvalue weighted by atomic mass is 32.1. The van der Waals surface area contributed by atoms with Crippen molar-refractivity contribution in [2.24, 2.45) is 4.99 Å². The van der Waals surface area contributed by atoms with Crippen molar-refractivity contribution >= 4 is 27.5 Å². The number of hydrogen-bond donors (Lipinski definition) is 2. The fourth-order valence-corrected chi connectivity index (χ4v) is 4.23. The summed E-state index contributed by atoms with van der Waals surface area (Å²) in [7, 11) is 1.69. The number of piperidine rings is 1. The molecule has 7 heteroatoms. The molecule has 0 bridgehead atoms. The number of aliphatic imine (C=N–C) groups is 1. The Hall–Kier alpha value is -1.70. The predicted octanol–water partition coefficient (Wildman–Crippen LogP) is 2.06. The van der Waals surface area contributed by atoms with Gasteiger partial charge in [0, 0.05) is 32.7 Å². The summed E-state index contributed by atoms with van der Waals surface area (Å²) in [5, 5.41) is 13.6. The lowest BCUT2D eigenvalue weighted by Crippen LogP contribution is -2.46. The van der Waals surface area contributed by atoms with Crippen molar-refractivity contribution in [2.45, 2.75) is 18.8 Å². The SMILES string of the molecule is COCCNC(=NCCO)N1CCC(c2nc3ccccc3s2)CC1. The quantitative estimate of drug-likeness (QED) is 0.468. The molecule has 0 aliphatic carbocycles. The highest BCUT2D eigenvalue weighted by molar-refractivity contribution is 7.18. The van der Waals surface area contributed by atoms with Gasteiger partial charge in [0.2, 0.25) is 0 Å². The maximum absolute atomic E-state index is 9.06. The molecule has 0 radical (unpaired) electrons. The number of fused-ring (bicyclic) bond motifs is 1. The van der Waals surface area contributed by atoms with E-state index in [9.17, 15) is 0 Å². The van der Waals surface area contributed by atoms with Gasteiger partial charge in [0.05, 0.1) is 35.0 Å². The van der Waals surface area contributed by atoms with Crippen molar-refractivity contribution in [3.05, 3.63) is 29.3 Å². The van der Waals surface area contributed by atoms with Crippen LogP contribution in [0.1, 0.15) is 23.8 Å². The average molecular weight is 362 g/mol. The van der Waals surface area contributed by atoms with Crippen LogP contribution >= 0.6 is 11.3 Å². The molecule has 0 unspecified atom stereocenters. The Morgan fingerprint density at radius 2 is 2.20 bits per heavy atom. The summed E-state index contributed by atoms with van der Waals surface area (Å²) in [5.74, 6) is 1.39. The van der Waals surface area contributed by atoms with Crippen LogP contribution in [0.2, 0.25) is 0 Å². The number of aromatic nitrogens is 1. The second kappa shape index (κ2) is 9.12. The molecule has 1 saturated heterocycles. The van der Waals surface area contributed by atoms with Gasteiger partial charge in [-0.15, -0.1) is 11.3 Å². The van der Waals surface area contributed by atoms with E-state index in [2.05, 4.69) is 33.4 Å². The molecule has 1 fully saturated rings. The number of nitrogens with zero attached hydrogens (tertiary/aromatic N) is 3. The van der Waals surface area contributed by atoms with Gasteiger partial charge in [-0.2, -0.15) is 0 Å². The molecule has 2 N–H and O–H groups in total. The van der Waals surface area contributed by atoms with Crippen LogP contribution in [-0.2, 0) is 4.74 Å². The lowest BCUT2D eigenvalue weighted by atomic mass is 9.98. The number of likely N-dealkylation sites (tertiary alicyclic amines) is 1. The van der Waals surface area contributed by atoms with Crippen molar-refractivity contribution < 1.29 is 9.84 Å². The molecule has 1 aliphatic heterocycles. The average Bonchev–Trinajstić information content (AvgIpc) is 3.09. The normalized spacial score (nSPS) is 16.6. The van der Waals surface area contributed by atoms with Crippen LogP contribution in [-0.4, -0.2) is 67.5 Å². The third-order valence-electron chi connectivity index (χ3n) is 4.41. The summed E-state index contributed by atoms with van der Waals surface area (Å²) in [6, 6.07) is 8.35. The number of guanidine groups is 1. The van der Waals surface area contributed by atoms with E-state index in [-0.39, 0.29) is 6.61 Å². The van der Waals surface area contributed by atoms with Gasteiger partial charge in [0.1, 0.15) is 0 Å². The molecule has 0 saturated carbocycles. The van der Waals surface area contributed by atoms with Crippen LogP contribution < -0.4 is 5.32 Å². The van der Waals surface area contributed by atoms with Gasteiger partial charge in [-0.25, -0.2) is 4.98 Å². The summed E-state index contributed by atoms with van der Waals surface area (Å²) in [5.41, 5.74) is 1.11. The molecule has 2 heterocycles. The number of thiazole rings is 1. The first-order chi connectivity index (χ1) is 12.3. The first-order valence-electron chi connectivity index (χ1n) is 8.80. The van der Waals surface area contributed by atoms with E-state index in [4.69, 9.17) is 14.8 Å². The molecule has 3 rings (SSSR count). The van der Waals surface area contributed by atoms with E-state index in [1.165, 1.54) is 9.71 Å². The van der Waals surface area contributed by atoms with Gasteiger partial charge in [-0.05, 0) is 25.0 Å². The molecule has 1 aliphatic rings. The van der Waals surface area contributed by atoms with Gasteiger partial charge in [0.15, 0.2) is 5.96 Å². The van der Waals surface area contributed by atoms with E-state index in [1.807, 2.05) is 17.4 Å². The fourth-order valence-electron chi connectivity index (χ4n) is 3.09. The van der Waals surface area contributed by atoms with Crippen LogP contribution in [0.15, 0.2) is 29.3 Å². The minimum Gasteiger partial charge on any atom is -0.394 e. The number of benzene rings is 1. The Labute approximate surface area is 152 Å². The number of nitrogens with one attached hydrogen (secondary N) is 1. The summed E-state index contributed by atoms with van der Waals surface area (Å²) in [4.78, 5) is 11.6. The lowest BCUT2D eigenvalue weighted by molar-refractivity contribution is 0.201. The zero-order valence-corrected chi connectivity index (χ0v) is 15.5. The number of rotatable bonds is 6. The summed E-state index contributed by atoms with van der Waals surface area (Å²) >= 11 is 1.82. The Bertz CT molecular complexity index is 662. The highest BCUT2D eigenvalue weighted by Gasteiger charge is 2.25. The molecular weight excluding hydrogens is 336 g/mol. The number of methoxy groups -OCH3 is 1. The van der Waals surface area contributed by atoms with E-state index < -0.39 is 0 Å². The van der Waals surface area contributed by atoms with Gasteiger partial charge in [-0.1, -0.05) is 12.1 Å². The van der Waals surface area contributed by atoms with E-state index >= 15 is 0 Å². The first kappa shape index (κ1) is 18.1. The van der Waals surface area contributed by atoms with E-state index in [1.54, 1.807) is 7.11 Å². The van der Waals surface area contributed by atoms with Crippen molar-refractivity contribution in [1.29, 1.82) is 0 Å². The second-order valence-corrected chi connectivity index (χ2v) is 7.19. The largest absolute Gasteiger partial charge is 0.394 e. The van der Waals surface area contributed by atoms with Crippen molar-refractivity contribution in [1.82, 2.24) is 15.2 Å². The summed E-state index contributed by atoms with van der Waals surface area (Å²) in [6.45, 7) is 3.75. The van der Waals surface area contributed by atoms with E-state index in [0.717, 1.165) is 44.0 Å². The van der Waals surface area contributed by atoms with Gasteiger partial charge < -0.3 is 20.1 Å². The number of aliphatic hydroxyl groups is 1. The molecule has 0 amide bonds. The molecule has 0 spiro atoms. The number of hydrogen-bond acceptors (Lipinski definition) is 5. The molecular formula is C18H26N4O2S. The van der Waals surface area contributed by atoms with Crippen molar-refractivity contribution in [3.63, 3.8) is 0 Å². The number of para-hydroxylation sites is 1. The van der Waals surface area contributed by atoms with Crippen LogP contribution in [0, 0.1) is 0 Å². The van der Waals surface area contributed by atoms with Crippen LogP contribution in [0.5, 0.6) is 0 Å². The third kappa shape index (κ3) is 4.68. The molecule has 136 valence electrons. The zero-order valence-electron chi connectivity index (χ0n) is 14.6. The standard InChI is InChI=1S/C18H26N4O2S/c1-24-13-9-20-18(19-8-12-23)22-10-6-14(7-11-22)17-21-15-4-2-3-5-16(15)25-17/h2-5,14,23H,6-13H2,1H3,(H,19,20). The van der Waals surface area contributed by atoms with Crippen LogP contribution in [0.3, 0.4) is 0 Å². The van der Waals surface area contributed by atoms with E-state index in [0.29, 0.717) is 19.1 Å². The second-order valence-electron chi connectivity index (χ2n) is 6.13. The monoisotopic (exact) mass is 362 g/mol. The maximum Gasteiger partial charge on any atom is 0.194 e. The Morgan fingerprint density at radius 1 is 1.40 bits per heavy atom. The Balaban J connectivity index is 1.60. The molecule has 1 aromatic carbocycles. The molecule has 25 heavy (non-hydrogen) atoms. The molecule has 1 aromatic heterocycles. The summed E-state index contributed by atoms with van der Waals surface area (Å²) < 4.78 is 6.37. The summed E-state index contributed by atoms with van der Waals surface area (Å²) in [6.07, 6.45) is 2.15. The van der Waals surface area contributed by atoms with Gasteiger partial charge in [0.25, 0.3) is 0 Å².